The van der Waals surface area contributed by atoms with Crippen LogP contribution in [0.4, 0.5) is 5.69 Å². The van der Waals surface area contributed by atoms with E-state index < -0.39 is 10.0 Å². The molecule has 0 bridgehead atoms. The zero-order valence-electron chi connectivity index (χ0n) is 11.4. The highest BCUT2D eigenvalue weighted by Gasteiger charge is 2.20. The van der Waals surface area contributed by atoms with Gasteiger partial charge in [-0.1, -0.05) is 11.6 Å². The Morgan fingerprint density at radius 3 is 2.67 bits per heavy atom. The van der Waals surface area contributed by atoms with Crippen molar-refractivity contribution in [1.29, 1.82) is 0 Å². The van der Waals surface area contributed by atoms with Gasteiger partial charge in [-0.2, -0.15) is 0 Å². The lowest BCUT2D eigenvalue weighted by molar-refractivity contribution is 0.285. The van der Waals surface area contributed by atoms with Gasteiger partial charge in [-0.25, -0.2) is 8.42 Å². The molecule has 114 valence electrons. The highest BCUT2D eigenvalue weighted by atomic mass is 35.5. The molecule has 0 amide bonds. The molecule has 0 saturated carbocycles. The van der Waals surface area contributed by atoms with E-state index in [0.29, 0.717) is 10.6 Å². The molecule has 2 N–H and O–H groups in total. The molecule has 0 aliphatic carbocycles. The van der Waals surface area contributed by atoms with Gasteiger partial charge >= 0.3 is 0 Å². The summed E-state index contributed by atoms with van der Waals surface area (Å²) >= 11 is 7.02. The smallest absolute Gasteiger partial charge is 0.271 e. The van der Waals surface area contributed by atoms with Crippen molar-refractivity contribution >= 4 is 38.6 Å². The van der Waals surface area contributed by atoms with E-state index in [-0.39, 0.29) is 21.5 Å². The SMILES string of the molecule is COc1ccc(Cl)c(NS(=O)(=O)c2cc(C)c(CO)s2)c1. The Morgan fingerprint density at radius 2 is 2.10 bits per heavy atom. The second-order valence-electron chi connectivity index (χ2n) is 4.28. The normalized spacial score (nSPS) is 11.4. The van der Waals surface area contributed by atoms with Crippen LogP contribution in [0.5, 0.6) is 5.75 Å². The first-order chi connectivity index (χ1) is 9.87. The van der Waals surface area contributed by atoms with Crippen molar-refractivity contribution in [3.8, 4) is 5.75 Å². The molecule has 2 rings (SSSR count). The number of aliphatic hydroxyl groups is 1. The summed E-state index contributed by atoms with van der Waals surface area (Å²) in [4.78, 5) is 0.618. The maximum absolute atomic E-state index is 12.4. The zero-order valence-corrected chi connectivity index (χ0v) is 13.8. The van der Waals surface area contributed by atoms with E-state index in [9.17, 15) is 8.42 Å². The van der Waals surface area contributed by atoms with Gasteiger partial charge in [0.05, 0.1) is 24.4 Å². The molecule has 1 heterocycles. The van der Waals surface area contributed by atoms with E-state index in [4.69, 9.17) is 21.4 Å². The highest BCUT2D eigenvalue weighted by Crippen LogP contribution is 2.31. The second kappa shape index (κ2) is 6.23. The maximum atomic E-state index is 12.4. The Labute approximate surface area is 132 Å². The predicted octanol–water partition coefficient (Wildman–Crippen LogP) is 3.01. The molecule has 0 aliphatic heterocycles. The molecule has 2 aromatic rings. The lowest BCUT2D eigenvalue weighted by atomic mass is 10.3. The molecule has 0 spiro atoms. The maximum Gasteiger partial charge on any atom is 0.271 e. The van der Waals surface area contributed by atoms with E-state index in [2.05, 4.69) is 4.72 Å². The number of thiophene rings is 1. The third kappa shape index (κ3) is 3.49. The van der Waals surface area contributed by atoms with Crippen LogP contribution in [-0.4, -0.2) is 20.6 Å². The average molecular weight is 348 g/mol. The van der Waals surface area contributed by atoms with Crippen molar-refractivity contribution < 1.29 is 18.3 Å². The average Bonchev–Trinajstić information content (AvgIpc) is 2.83. The van der Waals surface area contributed by atoms with Gasteiger partial charge in [-0.05, 0) is 30.7 Å². The number of aryl methyl sites for hydroxylation is 1. The zero-order chi connectivity index (χ0) is 15.6. The fourth-order valence-electron chi connectivity index (χ4n) is 1.68. The number of sulfonamides is 1. The fraction of sp³-hybridized carbons (Fsp3) is 0.231. The summed E-state index contributed by atoms with van der Waals surface area (Å²) in [5.41, 5.74) is 0.979. The van der Waals surface area contributed by atoms with Gasteiger partial charge in [0.15, 0.2) is 0 Å². The third-order valence-electron chi connectivity index (χ3n) is 2.82. The van der Waals surface area contributed by atoms with E-state index in [1.54, 1.807) is 19.1 Å². The van der Waals surface area contributed by atoms with E-state index >= 15 is 0 Å². The molecule has 0 radical (unpaired) electrons. The lowest BCUT2D eigenvalue weighted by Gasteiger charge is -2.09. The number of aliphatic hydroxyl groups excluding tert-OH is 1. The quantitative estimate of drug-likeness (QED) is 0.871. The molecule has 5 nitrogen and oxygen atoms in total. The van der Waals surface area contributed by atoms with Crippen molar-refractivity contribution in [3.05, 3.63) is 39.7 Å². The summed E-state index contributed by atoms with van der Waals surface area (Å²) in [6.07, 6.45) is 0. The molecule has 1 aromatic heterocycles. The lowest BCUT2D eigenvalue weighted by Crippen LogP contribution is -2.11. The number of nitrogens with one attached hydrogen (secondary N) is 1. The van der Waals surface area contributed by atoms with Gasteiger partial charge in [0.1, 0.15) is 9.96 Å². The first-order valence-electron chi connectivity index (χ1n) is 5.94. The standard InChI is InChI=1S/C13H14ClNO4S2/c1-8-5-13(20-12(8)7-16)21(17,18)15-11-6-9(19-2)3-4-10(11)14/h3-6,15-16H,7H2,1-2H3. The van der Waals surface area contributed by atoms with Gasteiger partial charge in [0.2, 0.25) is 0 Å². The first-order valence-corrected chi connectivity index (χ1v) is 8.61. The van der Waals surface area contributed by atoms with E-state index in [1.807, 2.05) is 0 Å². The van der Waals surface area contributed by atoms with Crippen molar-refractivity contribution in [3.63, 3.8) is 0 Å². The highest BCUT2D eigenvalue weighted by molar-refractivity contribution is 7.94. The number of hydrogen-bond acceptors (Lipinski definition) is 5. The summed E-state index contributed by atoms with van der Waals surface area (Å²) in [6.45, 7) is 1.56. The van der Waals surface area contributed by atoms with Crippen LogP contribution in [0.3, 0.4) is 0 Å². The molecule has 0 fully saturated rings. The van der Waals surface area contributed by atoms with Gasteiger partial charge in [0.25, 0.3) is 10.0 Å². The molecule has 1 aromatic carbocycles. The number of benzene rings is 1. The molecular formula is C13H14ClNO4S2. The van der Waals surface area contributed by atoms with E-state index in [0.717, 1.165) is 16.9 Å². The summed E-state index contributed by atoms with van der Waals surface area (Å²) < 4.78 is 32.3. The number of rotatable bonds is 5. The van der Waals surface area contributed by atoms with E-state index in [1.165, 1.54) is 19.2 Å². The van der Waals surface area contributed by atoms with Crippen LogP contribution in [0.2, 0.25) is 5.02 Å². The summed E-state index contributed by atoms with van der Waals surface area (Å²) in [7, 11) is -2.27. The Bertz CT molecular complexity index is 756. The van der Waals surface area contributed by atoms with Crippen molar-refractivity contribution in [2.24, 2.45) is 0 Å². The van der Waals surface area contributed by atoms with Crippen LogP contribution in [0.15, 0.2) is 28.5 Å². The Hall–Kier alpha value is -1.28. The molecule has 0 saturated heterocycles. The largest absolute Gasteiger partial charge is 0.497 e. The number of methoxy groups -OCH3 is 1. The predicted molar refractivity (Wildman–Crippen MR) is 83.8 cm³/mol. The number of halogens is 1. The third-order valence-corrected chi connectivity index (χ3v) is 6.21. The molecule has 21 heavy (non-hydrogen) atoms. The summed E-state index contributed by atoms with van der Waals surface area (Å²) in [5.74, 6) is 0.496. The number of hydrogen-bond donors (Lipinski definition) is 2. The van der Waals surface area contributed by atoms with Crippen molar-refractivity contribution in [2.45, 2.75) is 17.7 Å². The minimum atomic E-state index is -3.76. The first kappa shape index (κ1) is 16.1. The molecular weight excluding hydrogens is 334 g/mol. The van der Waals surface area contributed by atoms with Gasteiger partial charge in [-0.3, -0.25) is 4.72 Å². The Balaban J connectivity index is 2.37. The Kier molecular flexibility index (Phi) is 4.77. The van der Waals surface area contributed by atoms with Crippen LogP contribution >= 0.6 is 22.9 Å². The molecule has 0 atom stereocenters. The molecule has 0 unspecified atom stereocenters. The second-order valence-corrected chi connectivity index (χ2v) is 7.73. The van der Waals surface area contributed by atoms with Crippen LogP contribution in [0.25, 0.3) is 0 Å². The van der Waals surface area contributed by atoms with Crippen LogP contribution in [0.1, 0.15) is 10.4 Å². The van der Waals surface area contributed by atoms with Gasteiger partial charge in [-0.15, -0.1) is 11.3 Å². The van der Waals surface area contributed by atoms with Crippen LogP contribution < -0.4 is 9.46 Å². The Morgan fingerprint density at radius 1 is 1.38 bits per heavy atom. The van der Waals surface area contributed by atoms with Gasteiger partial charge < -0.3 is 9.84 Å². The monoisotopic (exact) mass is 347 g/mol. The number of anilines is 1. The molecule has 8 heteroatoms. The van der Waals surface area contributed by atoms with Crippen molar-refractivity contribution in [2.75, 3.05) is 11.8 Å². The minimum absolute atomic E-state index is 0.128. The topological polar surface area (TPSA) is 75.6 Å². The van der Waals surface area contributed by atoms with Crippen molar-refractivity contribution in [1.82, 2.24) is 0 Å². The minimum Gasteiger partial charge on any atom is -0.497 e. The summed E-state index contributed by atoms with van der Waals surface area (Å²) in [6, 6.07) is 6.22. The van der Waals surface area contributed by atoms with Crippen LogP contribution in [0, 0.1) is 6.92 Å². The molecule has 0 aliphatic rings. The summed E-state index contributed by atoms with van der Waals surface area (Å²) in [5, 5.41) is 9.43. The van der Waals surface area contributed by atoms with Crippen LogP contribution in [-0.2, 0) is 16.6 Å². The number of ether oxygens (including phenoxy) is 1. The fourth-order valence-corrected chi connectivity index (χ4v) is 4.42. The van der Waals surface area contributed by atoms with Gasteiger partial charge in [0, 0.05) is 10.9 Å².